The van der Waals surface area contributed by atoms with E-state index in [-0.39, 0.29) is 11.3 Å². The van der Waals surface area contributed by atoms with Gasteiger partial charge in [0.25, 0.3) is 0 Å². The normalized spacial score (nSPS) is 28.0. The molecule has 0 spiro atoms. The first-order valence-corrected chi connectivity index (χ1v) is 6.31. The van der Waals surface area contributed by atoms with Gasteiger partial charge in [-0.25, -0.2) is 4.39 Å². The lowest BCUT2D eigenvalue weighted by atomic mass is 9.55. The lowest BCUT2D eigenvalue weighted by Gasteiger charge is -2.51. The minimum atomic E-state index is -4.88. The van der Waals surface area contributed by atoms with Crippen molar-refractivity contribution in [3.8, 4) is 5.75 Å². The van der Waals surface area contributed by atoms with Crippen LogP contribution in [0.25, 0.3) is 0 Å². The molecular weight excluding hydrogens is 308 g/mol. The lowest BCUT2D eigenvalue weighted by Crippen LogP contribution is -2.65. The summed E-state index contributed by atoms with van der Waals surface area (Å²) in [5, 5.41) is 9.61. The van der Waals surface area contributed by atoms with Crippen LogP contribution in [0.1, 0.15) is 18.4 Å². The Morgan fingerprint density at radius 3 is 2.27 bits per heavy atom. The molecular formula is C14H14F4O4. The third kappa shape index (κ3) is 2.31. The molecule has 1 N–H and O–H groups in total. The van der Waals surface area contributed by atoms with E-state index in [9.17, 15) is 27.5 Å². The molecule has 1 aliphatic carbocycles. The molecule has 0 aliphatic heterocycles. The average Bonchev–Trinajstić information content (AvgIpc) is 2.41. The molecule has 22 heavy (non-hydrogen) atoms. The van der Waals surface area contributed by atoms with Crippen LogP contribution in [0.3, 0.4) is 0 Å². The zero-order valence-electron chi connectivity index (χ0n) is 11.8. The van der Waals surface area contributed by atoms with E-state index in [1.165, 1.54) is 19.2 Å². The highest BCUT2D eigenvalue weighted by Crippen LogP contribution is 2.57. The van der Waals surface area contributed by atoms with Crippen molar-refractivity contribution < 1.29 is 36.9 Å². The summed E-state index contributed by atoms with van der Waals surface area (Å²) < 4.78 is 61.5. The number of esters is 1. The maximum atomic E-state index is 13.8. The Labute approximate surface area is 123 Å². The quantitative estimate of drug-likeness (QED) is 0.685. The Bertz CT molecular complexity index is 591. The maximum absolute atomic E-state index is 13.8. The van der Waals surface area contributed by atoms with Gasteiger partial charge in [-0.3, -0.25) is 4.79 Å². The van der Waals surface area contributed by atoms with Crippen LogP contribution in [0.2, 0.25) is 0 Å². The molecule has 1 aromatic carbocycles. The second-order valence-electron chi connectivity index (χ2n) is 5.31. The van der Waals surface area contributed by atoms with Gasteiger partial charge in [0.2, 0.25) is 0 Å². The lowest BCUT2D eigenvalue weighted by molar-refractivity contribution is -0.303. The molecule has 0 heterocycles. The van der Waals surface area contributed by atoms with Crippen molar-refractivity contribution in [1.82, 2.24) is 0 Å². The average molecular weight is 322 g/mol. The fraction of sp³-hybridized carbons (Fsp3) is 0.500. The van der Waals surface area contributed by atoms with Gasteiger partial charge in [-0.2, -0.15) is 13.2 Å². The van der Waals surface area contributed by atoms with Crippen molar-refractivity contribution in [1.29, 1.82) is 0 Å². The number of carbonyl (C=O) groups is 1. The molecule has 0 bridgehead atoms. The number of rotatable bonds is 3. The summed E-state index contributed by atoms with van der Waals surface area (Å²) in [5.74, 6) is -1.87. The van der Waals surface area contributed by atoms with Crippen LogP contribution in [0.4, 0.5) is 17.6 Å². The van der Waals surface area contributed by atoms with Gasteiger partial charge in [-0.1, -0.05) is 6.07 Å². The van der Waals surface area contributed by atoms with Crippen LogP contribution >= 0.6 is 0 Å². The Balaban J connectivity index is 2.43. The van der Waals surface area contributed by atoms with Gasteiger partial charge in [-0.05, 0) is 17.7 Å². The van der Waals surface area contributed by atoms with Crippen LogP contribution in [0.15, 0.2) is 18.2 Å². The van der Waals surface area contributed by atoms with Crippen molar-refractivity contribution >= 4 is 5.97 Å². The molecule has 8 heteroatoms. The zero-order valence-corrected chi connectivity index (χ0v) is 11.8. The van der Waals surface area contributed by atoms with Gasteiger partial charge in [0.15, 0.2) is 17.2 Å². The number of hydrogen-bond acceptors (Lipinski definition) is 4. The highest BCUT2D eigenvalue weighted by Gasteiger charge is 2.70. The van der Waals surface area contributed by atoms with E-state index < -0.39 is 41.8 Å². The first-order chi connectivity index (χ1) is 10.1. The van der Waals surface area contributed by atoms with Gasteiger partial charge < -0.3 is 14.6 Å². The SMILES string of the molecule is COC(=O)C1(c2ccc(OC)c(F)c2)CC(O)(C(F)(F)F)C1. The summed E-state index contributed by atoms with van der Waals surface area (Å²) in [7, 11) is 2.26. The highest BCUT2D eigenvalue weighted by molar-refractivity contribution is 5.85. The maximum Gasteiger partial charge on any atom is 0.417 e. The molecule has 1 aliphatic rings. The molecule has 4 nitrogen and oxygen atoms in total. The van der Waals surface area contributed by atoms with Crippen LogP contribution in [0.5, 0.6) is 5.75 Å². The van der Waals surface area contributed by atoms with E-state index >= 15 is 0 Å². The van der Waals surface area contributed by atoms with Gasteiger partial charge >= 0.3 is 12.1 Å². The van der Waals surface area contributed by atoms with E-state index in [1.807, 2.05) is 0 Å². The topological polar surface area (TPSA) is 55.8 Å². The Morgan fingerprint density at radius 2 is 1.86 bits per heavy atom. The first-order valence-electron chi connectivity index (χ1n) is 6.31. The minimum absolute atomic E-state index is 0.00609. The number of aliphatic hydroxyl groups is 1. The summed E-state index contributed by atoms with van der Waals surface area (Å²) in [5.41, 5.74) is -4.71. The number of carbonyl (C=O) groups excluding carboxylic acids is 1. The predicted octanol–water partition coefficient (Wildman–Crippen LogP) is 2.33. The fourth-order valence-electron chi connectivity index (χ4n) is 2.77. The Kier molecular flexibility index (Phi) is 3.85. The van der Waals surface area contributed by atoms with Crippen molar-refractivity contribution in [3.63, 3.8) is 0 Å². The molecule has 1 fully saturated rings. The molecule has 0 radical (unpaired) electrons. The summed E-state index contributed by atoms with van der Waals surface area (Å²) >= 11 is 0. The van der Waals surface area contributed by atoms with E-state index in [0.717, 1.165) is 13.2 Å². The van der Waals surface area contributed by atoms with Crippen LogP contribution < -0.4 is 4.74 Å². The van der Waals surface area contributed by atoms with Gasteiger partial charge in [-0.15, -0.1) is 0 Å². The smallest absolute Gasteiger partial charge is 0.417 e. The Hall–Kier alpha value is -1.83. The van der Waals surface area contributed by atoms with Crippen molar-refractivity contribution in [3.05, 3.63) is 29.6 Å². The van der Waals surface area contributed by atoms with Gasteiger partial charge in [0.05, 0.1) is 19.6 Å². The molecule has 0 atom stereocenters. The van der Waals surface area contributed by atoms with Gasteiger partial charge in [0, 0.05) is 12.8 Å². The standard InChI is InChI=1S/C14H14F4O4/c1-21-10-4-3-8(5-9(10)15)12(11(19)22-2)6-13(20,7-12)14(16,17)18/h3-5,20H,6-7H2,1-2H3. The van der Waals surface area contributed by atoms with Crippen molar-refractivity contribution in [2.45, 2.75) is 30.0 Å². The fourth-order valence-corrected chi connectivity index (χ4v) is 2.77. The van der Waals surface area contributed by atoms with E-state index in [2.05, 4.69) is 4.74 Å². The number of halogens is 4. The number of benzene rings is 1. The molecule has 122 valence electrons. The summed E-state index contributed by atoms with van der Waals surface area (Å²) in [6.07, 6.45) is -6.71. The van der Waals surface area contributed by atoms with E-state index in [0.29, 0.717) is 0 Å². The van der Waals surface area contributed by atoms with Crippen molar-refractivity contribution in [2.75, 3.05) is 14.2 Å². The minimum Gasteiger partial charge on any atom is -0.494 e. The molecule has 0 aromatic heterocycles. The second-order valence-corrected chi connectivity index (χ2v) is 5.31. The highest BCUT2D eigenvalue weighted by atomic mass is 19.4. The third-order valence-electron chi connectivity index (χ3n) is 4.00. The summed E-state index contributed by atoms with van der Waals surface area (Å²) in [6, 6.07) is 3.42. The van der Waals surface area contributed by atoms with E-state index in [4.69, 9.17) is 4.74 Å². The Morgan fingerprint density at radius 1 is 1.27 bits per heavy atom. The van der Waals surface area contributed by atoms with Gasteiger partial charge in [0.1, 0.15) is 0 Å². The van der Waals surface area contributed by atoms with Crippen LogP contribution in [0, 0.1) is 5.82 Å². The number of alkyl halides is 3. The second kappa shape index (κ2) is 5.12. The first kappa shape index (κ1) is 16.5. The molecule has 0 saturated heterocycles. The molecule has 2 rings (SSSR count). The summed E-state index contributed by atoms with van der Waals surface area (Å²) in [4.78, 5) is 11.9. The molecule has 0 amide bonds. The molecule has 0 unspecified atom stereocenters. The monoisotopic (exact) mass is 322 g/mol. The largest absolute Gasteiger partial charge is 0.494 e. The number of hydrogen-bond donors (Lipinski definition) is 1. The number of ether oxygens (including phenoxy) is 2. The van der Waals surface area contributed by atoms with Crippen molar-refractivity contribution in [2.24, 2.45) is 0 Å². The van der Waals surface area contributed by atoms with Crippen LogP contribution in [-0.4, -0.2) is 37.1 Å². The molecule has 1 aromatic rings. The summed E-state index contributed by atoms with van der Waals surface area (Å²) in [6.45, 7) is 0. The predicted molar refractivity (Wildman–Crippen MR) is 66.9 cm³/mol. The molecule has 1 saturated carbocycles. The zero-order chi connectivity index (χ0) is 16.8. The van der Waals surface area contributed by atoms with E-state index in [1.54, 1.807) is 0 Å². The third-order valence-corrected chi connectivity index (χ3v) is 4.00. The van der Waals surface area contributed by atoms with Crippen LogP contribution in [-0.2, 0) is 14.9 Å². The number of methoxy groups -OCH3 is 2.